The van der Waals surface area contributed by atoms with Crippen LogP contribution in [-0.2, 0) is 23.0 Å². The minimum atomic E-state index is -3.93. The first-order valence-corrected chi connectivity index (χ1v) is 9.91. The minimum Gasteiger partial charge on any atom is -0.362 e. The van der Waals surface area contributed by atoms with E-state index in [1.807, 2.05) is 19.0 Å². The number of anilines is 1. The molecule has 0 fully saturated rings. The number of benzene rings is 1. The molecule has 3 rings (SSSR count). The van der Waals surface area contributed by atoms with Gasteiger partial charge in [-0.25, -0.2) is 18.4 Å². The lowest BCUT2D eigenvalue weighted by Crippen LogP contribution is -2.37. The molecule has 0 aliphatic carbocycles. The fourth-order valence-corrected chi connectivity index (χ4v) is 4.63. The van der Waals surface area contributed by atoms with E-state index in [0.717, 1.165) is 17.3 Å². The maximum atomic E-state index is 13.0. The number of aromatic nitrogens is 2. The van der Waals surface area contributed by atoms with Gasteiger partial charge in [0.15, 0.2) is 0 Å². The first kappa shape index (κ1) is 19.5. The van der Waals surface area contributed by atoms with Crippen molar-refractivity contribution in [2.45, 2.75) is 24.8 Å². The first-order valence-electron chi connectivity index (χ1n) is 8.09. The topological polar surface area (TPSA) is 110 Å². The van der Waals surface area contributed by atoms with Gasteiger partial charge in [-0.1, -0.05) is 11.6 Å². The Morgan fingerprint density at radius 1 is 1.30 bits per heavy atom. The Balaban J connectivity index is 2.02. The van der Waals surface area contributed by atoms with Gasteiger partial charge in [-0.05, 0) is 19.1 Å². The number of rotatable bonds is 4. The molecule has 0 radical (unpaired) electrons. The fourth-order valence-electron chi connectivity index (χ4n) is 3.01. The van der Waals surface area contributed by atoms with Crippen LogP contribution in [0.2, 0.25) is 5.02 Å². The van der Waals surface area contributed by atoms with Crippen LogP contribution in [0.4, 0.5) is 11.5 Å². The quantitative estimate of drug-likeness (QED) is 0.560. The van der Waals surface area contributed by atoms with Crippen LogP contribution < -0.4 is 4.90 Å². The van der Waals surface area contributed by atoms with Gasteiger partial charge in [-0.3, -0.25) is 10.1 Å². The highest BCUT2D eigenvalue weighted by Gasteiger charge is 2.32. The van der Waals surface area contributed by atoms with E-state index < -0.39 is 20.6 Å². The molecule has 2 aromatic rings. The van der Waals surface area contributed by atoms with Gasteiger partial charge in [0, 0.05) is 45.2 Å². The van der Waals surface area contributed by atoms with Crippen LogP contribution >= 0.6 is 11.6 Å². The number of sulfonamides is 1. The van der Waals surface area contributed by atoms with Crippen LogP contribution in [0.15, 0.2) is 23.1 Å². The summed E-state index contributed by atoms with van der Waals surface area (Å²) < 4.78 is 27.4. The zero-order valence-corrected chi connectivity index (χ0v) is 16.6. The standard InChI is InChI=1S/C16H18ClN5O4S/c1-10-18-14-6-7-21(9-12(14)16(19-10)20(2)3)27(25,26)11-4-5-13(17)15(8-11)22(23)24/h4-5,8H,6-7,9H2,1-3H3. The predicted octanol–water partition coefficient (Wildman–Crippen LogP) is 2.16. The number of nitro groups is 1. The van der Waals surface area contributed by atoms with Crippen molar-refractivity contribution in [3.63, 3.8) is 0 Å². The Hall–Kier alpha value is -2.30. The zero-order valence-electron chi connectivity index (χ0n) is 15.0. The van der Waals surface area contributed by atoms with Gasteiger partial charge in [0.1, 0.15) is 16.7 Å². The average Bonchev–Trinajstić information content (AvgIpc) is 2.60. The number of nitro benzene ring substituents is 1. The molecule has 0 spiro atoms. The predicted molar refractivity (Wildman–Crippen MR) is 101 cm³/mol. The van der Waals surface area contributed by atoms with Crippen molar-refractivity contribution in [2.24, 2.45) is 0 Å². The molecule has 0 N–H and O–H groups in total. The van der Waals surface area contributed by atoms with Crippen LogP contribution in [0.3, 0.4) is 0 Å². The van der Waals surface area contributed by atoms with Crippen molar-refractivity contribution in [1.82, 2.24) is 14.3 Å². The van der Waals surface area contributed by atoms with Crippen molar-refractivity contribution in [2.75, 3.05) is 25.5 Å². The normalized spacial score (nSPS) is 14.7. The van der Waals surface area contributed by atoms with Gasteiger partial charge in [0.2, 0.25) is 10.0 Å². The van der Waals surface area contributed by atoms with E-state index in [1.165, 1.54) is 16.4 Å². The molecule has 0 amide bonds. The Labute approximate surface area is 161 Å². The highest BCUT2D eigenvalue weighted by molar-refractivity contribution is 7.89. The van der Waals surface area contributed by atoms with Gasteiger partial charge in [0.05, 0.1) is 15.5 Å². The summed E-state index contributed by atoms with van der Waals surface area (Å²) in [6, 6.07) is 3.49. The fraction of sp³-hybridized carbons (Fsp3) is 0.375. The molecule has 1 aromatic heterocycles. The van der Waals surface area contributed by atoms with E-state index in [0.29, 0.717) is 18.1 Å². The molecule has 11 heteroatoms. The molecule has 0 bridgehead atoms. The number of halogens is 1. The summed E-state index contributed by atoms with van der Waals surface area (Å²) in [5, 5.41) is 11.0. The molecule has 0 unspecified atom stereocenters. The summed E-state index contributed by atoms with van der Waals surface area (Å²) in [4.78, 5) is 20.9. The van der Waals surface area contributed by atoms with Gasteiger partial charge in [0.25, 0.3) is 5.69 Å². The second kappa shape index (κ2) is 7.02. The van der Waals surface area contributed by atoms with Crippen LogP contribution in [0, 0.1) is 17.0 Å². The molecule has 1 aliphatic heterocycles. The lowest BCUT2D eigenvalue weighted by Gasteiger charge is -2.30. The molecule has 9 nitrogen and oxygen atoms in total. The molecule has 144 valence electrons. The summed E-state index contributed by atoms with van der Waals surface area (Å²) >= 11 is 5.79. The Morgan fingerprint density at radius 3 is 2.63 bits per heavy atom. The summed E-state index contributed by atoms with van der Waals surface area (Å²) in [5.74, 6) is 1.29. The zero-order chi connectivity index (χ0) is 19.9. The number of aryl methyl sites for hydroxylation is 1. The molecule has 1 aromatic carbocycles. The maximum absolute atomic E-state index is 13.0. The van der Waals surface area contributed by atoms with E-state index >= 15 is 0 Å². The summed E-state index contributed by atoms with van der Waals surface area (Å²) in [6.45, 7) is 2.13. The highest BCUT2D eigenvalue weighted by atomic mass is 35.5. The summed E-state index contributed by atoms with van der Waals surface area (Å²) in [7, 11) is -0.271. The van der Waals surface area contributed by atoms with Gasteiger partial charge < -0.3 is 4.90 Å². The third kappa shape index (κ3) is 3.60. The Bertz CT molecular complexity index is 1030. The van der Waals surface area contributed by atoms with E-state index in [2.05, 4.69) is 9.97 Å². The number of nitrogens with zero attached hydrogens (tertiary/aromatic N) is 5. The maximum Gasteiger partial charge on any atom is 0.289 e. The molecule has 2 heterocycles. The average molecular weight is 412 g/mol. The second-order valence-electron chi connectivity index (χ2n) is 6.37. The largest absolute Gasteiger partial charge is 0.362 e. The minimum absolute atomic E-state index is 0.0991. The van der Waals surface area contributed by atoms with Gasteiger partial charge in [-0.15, -0.1) is 0 Å². The van der Waals surface area contributed by atoms with Crippen LogP contribution in [0.1, 0.15) is 17.1 Å². The molecule has 1 aliphatic rings. The SMILES string of the molecule is Cc1nc2c(c(N(C)C)n1)CN(S(=O)(=O)c1ccc(Cl)c([N+](=O)[O-])c1)CC2. The lowest BCUT2D eigenvalue weighted by molar-refractivity contribution is -0.384. The lowest BCUT2D eigenvalue weighted by atomic mass is 10.1. The summed E-state index contributed by atoms with van der Waals surface area (Å²) in [5.41, 5.74) is 1.12. The van der Waals surface area contributed by atoms with E-state index in [9.17, 15) is 18.5 Å². The highest BCUT2D eigenvalue weighted by Crippen LogP contribution is 2.32. The van der Waals surface area contributed by atoms with Crippen molar-refractivity contribution in [3.05, 3.63) is 50.4 Å². The van der Waals surface area contributed by atoms with Crippen molar-refractivity contribution >= 4 is 33.1 Å². The summed E-state index contributed by atoms with van der Waals surface area (Å²) in [6.07, 6.45) is 0.439. The number of fused-ring (bicyclic) bond motifs is 1. The van der Waals surface area contributed by atoms with Gasteiger partial charge >= 0.3 is 0 Å². The number of hydrogen-bond donors (Lipinski definition) is 0. The van der Waals surface area contributed by atoms with Crippen molar-refractivity contribution < 1.29 is 13.3 Å². The van der Waals surface area contributed by atoms with Crippen LogP contribution in [0.5, 0.6) is 0 Å². The molecule has 0 saturated carbocycles. The van der Waals surface area contributed by atoms with Crippen molar-refractivity contribution in [1.29, 1.82) is 0 Å². The molecular formula is C16H18ClN5O4S. The monoisotopic (exact) mass is 411 g/mol. The molecule has 0 saturated heterocycles. The molecule has 0 atom stereocenters. The smallest absolute Gasteiger partial charge is 0.289 e. The van der Waals surface area contributed by atoms with Crippen LogP contribution in [0.25, 0.3) is 0 Å². The third-order valence-corrected chi connectivity index (χ3v) is 6.45. The first-order chi connectivity index (χ1) is 12.6. The second-order valence-corrected chi connectivity index (χ2v) is 8.72. The Kier molecular flexibility index (Phi) is 5.06. The van der Waals surface area contributed by atoms with E-state index in [1.54, 1.807) is 6.92 Å². The molecular weight excluding hydrogens is 394 g/mol. The van der Waals surface area contributed by atoms with E-state index in [4.69, 9.17) is 11.6 Å². The van der Waals surface area contributed by atoms with E-state index in [-0.39, 0.29) is 23.0 Å². The van der Waals surface area contributed by atoms with Crippen molar-refractivity contribution in [3.8, 4) is 0 Å². The Morgan fingerprint density at radius 2 is 2.00 bits per heavy atom. The van der Waals surface area contributed by atoms with Crippen LogP contribution in [-0.4, -0.2) is 48.3 Å². The molecule has 27 heavy (non-hydrogen) atoms. The van der Waals surface area contributed by atoms with Gasteiger partial charge in [-0.2, -0.15) is 4.31 Å². The third-order valence-electron chi connectivity index (χ3n) is 4.29. The number of hydrogen-bond acceptors (Lipinski definition) is 7.